The van der Waals surface area contributed by atoms with E-state index in [1.807, 2.05) is 139 Å². The fraction of sp³-hybridized carbons (Fsp3) is 0.831. The maximum Gasteiger partial charge on any atom is 0.305 e. The first kappa shape index (κ1) is 95.4. The summed E-state index contributed by atoms with van der Waals surface area (Å²) in [5.74, 6) is -2.18. The average Bonchev–Trinajstić information content (AvgIpc) is 1.62. The van der Waals surface area contributed by atoms with Gasteiger partial charge < -0.3 is 111 Å². The lowest BCUT2D eigenvalue weighted by molar-refractivity contribution is -0.219. The third-order valence-corrected chi connectivity index (χ3v) is 20.3. The van der Waals surface area contributed by atoms with E-state index in [0.717, 1.165) is 56.1 Å². The maximum absolute atomic E-state index is 13.4. The second-order valence-electron chi connectivity index (χ2n) is 28.6. The number of esters is 1. The normalized spacial score (nSPS) is 40.9. The van der Waals surface area contributed by atoms with E-state index in [2.05, 4.69) is 23.8 Å². The predicted octanol–water partition coefficient (Wildman–Crippen LogP) is 11.5. The lowest BCUT2D eigenvalue weighted by atomic mass is 10.0. The SMILES string of the molecule is C.CC[C@H]1OC(O)C(O)[C@H]1O.CC[C@H]1OC(OC)C(O)[C@H]1OCc1ccccc1.CC[C@H]1O[C@@H](Cl)C(F)[C@H]1C.CC[C@H]1O[C@@H](O)C(F)[C@H]1C.CC[C@H]1O[C@@H](OC(C)=O)C(F)[C@H]1C.CC[C@H]1O[C@@H](OC)C(F)[C@H]1C.CC[C@H]1O[C@H]2OC(C)(C)OC2[C@H]1O.CC[C@H]1O[C@H]2OC(C)(C)OC2[C@H]1OCc1ccccc1. The number of halogens is 5. The van der Waals surface area contributed by atoms with Crippen molar-refractivity contribution in [2.24, 2.45) is 23.7 Å². The minimum absolute atomic E-state index is 0. The number of benzene rings is 2. The Kier molecular flexibility index (Phi) is 41.1. The van der Waals surface area contributed by atoms with Gasteiger partial charge in [-0.15, -0.1) is 0 Å². The Morgan fingerprint density at radius 3 is 1.15 bits per heavy atom. The minimum Gasteiger partial charge on any atom is -0.433 e. The minimum atomic E-state index is -1.22. The van der Waals surface area contributed by atoms with Crippen molar-refractivity contribution in [2.45, 2.75) is 373 Å². The van der Waals surface area contributed by atoms with E-state index in [1.54, 1.807) is 13.8 Å². The van der Waals surface area contributed by atoms with E-state index >= 15 is 0 Å². The number of aliphatic hydroxyl groups excluding tert-OH is 6. The van der Waals surface area contributed by atoms with E-state index in [0.29, 0.717) is 19.6 Å². The Hall–Kier alpha value is -2.96. The van der Waals surface area contributed by atoms with Crippen LogP contribution >= 0.6 is 11.6 Å². The molecular formula is C77H129ClF4O24. The van der Waals surface area contributed by atoms with Gasteiger partial charge in [0, 0.05) is 44.8 Å². The highest BCUT2D eigenvalue weighted by molar-refractivity contribution is 6.20. The van der Waals surface area contributed by atoms with Crippen molar-refractivity contribution < 1.29 is 134 Å². The summed E-state index contributed by atoms with van der Waals surface area (Å²) in [5.41, 5.74) is 1.52. The van der Waals surface area contributed by atoms with Crippen LogP contribution in [-0.2, 0) is 98.5 Å². The van der Waals surface area contributed by atoms with Crippen molar-refractivity contribution >= 4 is 17.6 Å². The number of aliphatic hydroxyl groups is 6. The van der Waals surface area contributed by atoms with Crippen LogP contribution < -0.4 is 0 Å². The summed E-state index contributed by atoms with van der Waals surface area (Å²) in [6, 6.07) is 20.0. The molecule has 10 saturated heterocycles. The zero-order chi connectivity index (χ0) is 78.4. The molecular weight excluding hydrogens is 1420 g/mol. The number of fused-ring (bicyclic) bond motifs is 2. The molecule has 0 amide bonds. The molecule has 0 spiro atoms. The molecule has 106 heavy (non-hydrogen) atoms. The van der Waals surface area contributed by atoms with Gasteiger partial charge in [-0.2, -0.15) is 0 Å². The fourth-order valence-corrected chi connectivity index (χ4v) is 14.0. The maximum atomic E-state index is 13.4. The molecule has 0 saturated carbocycles. The van der Waals surface area contributed by atoms with Crippen LogP contribution in [0.25, 0.3) is 0 Å². The molecule has 2 aromatic carbocycles. The van der Waals surface area contributed by atoms with Crippen LogP contribution in [0.1, 0.15) is 188 Å². The van der Waals surface area contributed by atoms with E-state index in [4.69, 9.17) is 108 Å². The van der Waals surface area contributed by atoms with Crippen LogP contribution in [0.15, 0.2) is 60.7 Å². The molecule has 2 aromatic rings. The first-order valence-corrected chi connectivity index (χ1v) is 37.8. The third-order valence-electron chi connectivity index (χ3n) is 20.0. The Morgan fingerprint density at radius 2 is 0.792 bits per heavy atom. The molecule has 24 nitrogen and oxygen atoms in total. The molecule has 10 aliphatic heterocycles. The molecule has 0 aliphatic carbocycles. The first-order chi connectivity index (χ1) is 49.6. The number of methoxy groups -OCH3 is 2. The second kappa shape index (κ2) is 45.7. The summed E-state index contributed by atoms with van der Waals surface area (Å²) in [4.78, 5) is 10.6. The highest BCUT2D eigenvalue weighted by atomic mass is 35.5. The van der Waals surface area contributed by atoms with E-state index in [1.165, 1.54) is 21.1 Å². The largest absolute Gasteiger partial charge is 0.433 e. The van der Waals surface area contributed by atoms with Gasteiger partial charge in [-0.3, -0.25) is 4.79 Å². The highest BCUT2D eigenvalue weighted by Gasteiger charge is 2.56. The number of hydrogen-bond acceptors (Lipinski definition) is 24. The molecule has 6 N–H and O–H groups in total. The summed E-state index contributed by atoms with van der Waals surface area (Å²) < 4.78 is 144. The monoisotopic (exact) mass is 1550 g/mol. The number of hydrogen-bond donors (Lipinski definition) is 6. The topological polar surface area (TPSA) is 295 Å². The van der Waals surface area contributed by atoms with Crippen LogP contribution in [0.5, 0.6) is 0 Å². The summed E-state index contributed by atoms with van der Waals surface area (Å²) in [6.45, 7) is 32.7. The fourth-order valence-electron chi connectivity index (χ4n) is 13.6. The molecule has 10 fully saturated rings. The molecule has 29 heteroatoms. The van der Waals surface area contributed by atoms with Crippen molar-refractivity contribution in [3.8, 4) is 0 Å². The first-order valence-electron chi connectivity index (χ1n) is 37.4. The smallest absolute Gasteiger partial charge is 0.305 e. The van der Waals surface area contributed by atoms with Crippen molar-refractivity contribution in [2.75, 3.05) is 14.2 Å². The number of alkyl halides is 5. The van der Waals surface area contributed by atoms with Crippen molar-refractivity contribution in [3.05, 3.63) is 71.8 Å². The predicted molar refractivity (Wildman–Crippen MR) is 385 cm³/mol. The Labute approximate surface area is 631 Å². The van der Waals surface area contributed by atoms with Crippen LogP contribution in [0, 0.1) is 23.7 Å². The quantitative estimate of drug-likeness (QED) is 0.0487. The van der Waals surface area contributed by atoms with Crippen LogP contribution in [0.3, 0.4) is 0 Å². The van der Waals surface area contributed by atoms with Gasteiger partial charge in [0.2, 0.25) is 6.29 Å². The number of ether oxygens (including phenoxy) is 17. The molecule has 12 rings (SSSR count). The summed E-state index contributed by atoms with van der Waals surface area (Å²) in [6.07, 6.45) is -8.61. The zero-order valence-corrected chi connectivity index (χ0v) is 65.5. The summed E-state index contributed by atoms with van der Waals surface area (Å²) in [5, 5.41) is 55.6. The van der Waals surface area contributed by atoms with Crippen LogP contribution in [-0.4, -0.2) is 234 Å². The molecule has 0 radical (unpaired) electrons. The highest BCUT2D eigenvalue weighted by Crippen LogP contribution is 2.42. The standard InChI is InChI=1S/C16H22O4.C14H20O4.C9H15FO3.C9H16O4.C8H15FO2.C7H12ClFO.C7H13FO2.C6H12O4.CH4/c1-4-12-13(17-10-11-8-6-5-7-9-11)14-15(18-12)20-16(2,3)19-14;1-3-11-13(12(15)14(16-2)18-11)17-9-10-7-5-4-6-8-10;1-4-7-5(2)8(10)9(13-7)12-6(3)11;1-4-5-6(10)7-8(11-5)13-9(2,3)12-7;1-4-6-5(2)7(9)8(10-3)11-6;1-3-5-4(2)6(9)7(8)10-5;1-3-5-4(2)6(8)7(9)10-5;1-2-3-4(7)5(8)6(9)10-3;/h5-9,12-15H,4,10H2,1-3H3;4-8,11-15H,3,9H2,1-2H3;5,7-9H,4H2,1-3H3;5-8,10H,4H2,1-3H3;5-8H,4H2,1-3H3;4-7H,3H2,1-2H3;4-7,9H,3H2,1-2H3;3-9H,2H2,1H3;1H4/t12-,13+,14?,15+;11-,12?,13+,14?;5-,7+,8?,9+;2*5-,6+,7?,8+;2*4-,5+,6?,7+;3-,4+,5?,6?;/m11010001./s1. The van der Waals surface area contributed by atoms with Crippen molar-refractivity contribution in [3.63, 3.8) is 0 Å². The molecule has 10 heterocycles. The summed E-state index contributed by atoms with van der Waals surface area (Å²) >= 11 is 5.53. The van der Waals surface area contributed by atoms with Gasteiger partial charge in [-0.05, 0) is 90.2 Å². The molecule has 10 aliphatic rings. The van der Waals surface area contributed by atoms with Crippen LogP contribution in [0.4, 0.5) is 17.6 Å². The van der Waals surface area contributed by atoms with Gasteiger partial charge in [0.1, 0.15) is 55.0 Å². The Balaban J connectivity index is 0.000000259. The van der Waals surface area contributed by atoms with Gasteiger partial charge >= 0.3 is 5.97 Å². The molecule has 10 unspecified atom stereocenters. The molecule has 616 valence electrons. The average molecular weight is 1550 g/mol. The lowest BCUT2D eigenvalue weighted by Gasteiger charge is -2.25. The van der Waals surface area contributed by atoms with E-state index in [9.17, 15) is 32.6 Å². The Bertz CT molecular complexity index is 2630. The van der Waals surface area contributed by atoms with E-state index < -0.39 is 116 Å². The second-order valence-corrected chi connectivity index (χ2v) is 29.0. The third kappa shape index (κ3) is 26.6. The Morgan fingerprint density at radius 1 is 0.425 bits per heavy atom. The van der Waals surface area contributed by atoms with E-state index in [-0.39, 0.29) is 105 Å². The van der Waals surface area contributed by atoms with Gasteiger partial charge in [-0.25, -0.2) is 17.6 Å². The van der Waals surface area contributed by atoms with Gasteiger partial charge in [0.15, 0.2) is 73.4 Å². The van der Waals surface area contributed by atoms with Gasteiger partial charge in [-0.1, -0.05) is 163 Å². The number of carbonyl (C=O) groups is 1. The van der Waals surface area contributed by atoms with Crippen molar-refractivity contribution in [1.82, 2.24) is 0 Å². The molecule has 0 bridgehead atoms. The summed E-state index contributed by atoms with van der Waals surface area (Å²) in [7, 11) is 3.00. The lowest BCUT2D eigenvalue weighted by Crippen LogP contribution is -2.36. The van der Waals surface area contributed by atoms with Gasteiger partial charge in [0.25, 0.3) is 0 Å². The molecule has 0 aromatic heterocycles. The number of carbonyl (C=O) groups excluding carboxylic acids is 1. The number of rotatable bonds is 17. The van der Waals surface area contributed by atoms with Crippen molar-refractivity contribution in [1.29, 1.82) is 0 Å². The van der Waals surface area contributed by atoms with Gasteiger partial charge in [0.05, 0.1) is 62.0 Å². The zero-order valence-electron chi connectivity index (χ0n) is 64.7. The molecule has 32 atom stereocenters. The van der Waals surface area contributed by atoms with Crippen LogP contribution in [0.2, 0.25) is 0 Å².